The summed E-state index contributed by atoms with van der Waals surface area (Å²) in [5.41, 5.74) is 27.8. The van der Waals surface area contributed by atoms with Gasteiger partial charge < -0.3 is 105 Å². The monoisotopic (exact) mass is 1850 g/mol. The molecule has 11 heterocycles. The lowest BCUT2D eigenvalue weighted by Crippen LogP contribution is -2.61. The zero-order valence-electron chi connectivity index (χ0n) is 77.8. The normalized spacial score (nSPS) is 27.9. The number of piperazine rings is 2. The van der Waals surface area contributed by atoms with Gasteiger partial charge in [0.25, 0.3) is 29.5 Å². The lowest BCUT2D eigenvalue weighted by molar-refractivity contribution is -0.265. The number of esters is 1. The molecule has 7 aromatic rings. The van der Waals surface area contributed by atoms with E-state index in [2.05, 4.69) is 67.3 Å². The maximum absolute atomic E-state index is 14.7. The fourth-order valence-electron chi connectivity index (χ4n) is 19.2. The fraction of sp³-hybridized carbons (Fsp3) is 0.573. The molecule has 0 radical (unpaired) electrons. The van der Waals surface area contributed by atoms with Crippen LogP contribution in [-0.4, -0.2) is 304 Å². The van der Waals surface area contributed by atoms with Crippen molar-refractivity contribution in [2.45, 2.75) is 218 Å². The number of aliphatic hydroxyl groups excluding tert-OH is 4. The minimum absolute atomic E-state index is 0.000658. The number of ether oxygens (including phenoxy) is 5. The third kappa shape index (κ3) is 24.4. The third-order valence-electron chi connectivity index (χ3n) is 27.4. The van der Waals surface area contributed by atoms with Gasteiger partial charge in [-0.3, -0.25) is 28.9 Å². The van der Waals surface area contributed by atoms with Gasteiger partial charge in [-0.1, -0.05) is 87.5 Å². The maximum atomic E-state index is 14.7. The Morgan fingerprint density at radius 3 is 2.22 bits per heavy atom. The molecule has 5 fully saturated rings. The molecule has 16 atom stereocenters. The number of oxime groups is 1. The Labute approximate surface area is 779 Å². The number of nitrogens with one attached hydrogen (secondary N) is 1. The number of ketones is 1. The van der Waals surface area contributed by atoms with Gasteiger partial charge in [0, 0.05) is 172 Å². The number of carbonyl (C=O) groups excluding carboxylic acids is 6. The average Bonchev–Trinajstić information content (AvgIpc) is 1.60. The highest BCUT2D eigenvalue weighted by atomic mass is 16.6. The average molecular weight is 1850 g/mol. The minimum Gasteiger partial charge on any atom is -0.459 e. The number of amides is 4. The number of aromatic nitrogens is 9. The zero-order valence-corrected chi connectivity index (χ0v) is 77.8. The van der Waals surface area contributed by atoms with Gasteiger partial charge in [-0.05, 0) is 142 Å². The zero-order chi connectivity index (χ0) is 95.0. The van der Waals surface area contributed by atoms with E-state index >= 15 is 0 Å². The number of anilines is 4. The van der Waals surface area contributed by atoms with Crippen molar-refractivity contribution in [3.63, 3.8) is 0 Å². The number of hydrogen-bond donors (Lipinski definition) is 9. The van der Waals surface area contributed by atoms with E-state index < -0.39 is 115 Å². The molecule has 7 aliphatic rings. The second-order valence-electron chi connectivity index (χ2n) is 36.9. The molecule has 14 rings (SSSR count). The van der Waals surface area contributed by atoms with Crippen LogP contribution < -0.4 is 32.3 Å². The molecule has 6 aliphatic heterocycles. The van der Waals surface area contributed by atoms with E-state index in [-0.39, 0.29) is 79.7 Å². The SMILES string of the molecule is CO[C@H]1C[C@@H]2CC[C@@H](C)[C@@](O)(O2)C(=O)C(=O)N2CCCC[C@H]2C(=O)O[C@H]([C@H](N)C[C@@H]2CC[C@@H](O)[C@H](OC)C2)C[C@@H](O)[C@H](C)/C=C(\C)[C@@H](O)[C@@H](O)/C(=N/OCC(=O)NCc2cnc(N3CCN(C(=O)CCOCCN4CCN(c5ncc(C(=O)N6CCc7cc(Cn8nc(-c9ccc%10oc(N)nc%10c9)c9c(N)ncnc98)ccc7C6)cn5)CC4)CC3)nc2)[C@H](C)C[C@H](C)/C=C/C=CC=C1C. The van der Waals surface area contributed by atoms with Crippen LogP contribution >= 0.6 is 0 Å². The molecule has 38 nitrogen and oxygen atoms in total. The van der Waals surface area contributed by atoms with Crippen molar-refractivity contribution in [3.05, 3.63) is 143 Å². The number of nitrogen functional groups attached to an aromatic ring is 2. The summed E-state index contributed by atoms with van der Waals surface area (Å²) in [7, 11) is 3.09. The van der Waals surface area contributed by atoms with Crippen LogP contribution in [0.1, 0.15) is 158 Å². The van der Waals surface area contributed by atoms with Gasteiger partial charge in [0.05, 0.1) is 73.4 Å². The quantitative estimate of drug-likeness (QED) is 0.0124. The van der Waals surface area contributed by atoms with E-state index in [0.29, 0.717) is 200 Å². The first-order valence-electron chi connectivity index (χ1n) is 46.9. The van der Waals surface area contributed by atoms with Crippen LogP contribution in [0.2, 0.25) is 0 Å². The second kappa shape index (κ2) is 45.4. The van der Waals surface area contributed by atoms with Crippen molar-refractivity contribution in [2.75, 3.05) is 127 Å². The Hall–Kier alpha value is -11.2. The molecule has 5 aromatic heterocycles. The first kappa shape index (κ1) is 98.8. The topological polar surface area (TPSA) is 502 Å². The van der Waals surface area contributed by atoms with Crippen molar-refractivity contribution < 1.29 is 87.2 Å². The standard InChI is InChI=1S/C96H130N20O18/c1-57-14-10-9-11-15-58(2)77(128-7)46-70-22-17-62(6)96(127,134-70)87(123)91(125)115-27-13-12-16-73(115)92(126)132-78(71(97)43-63-19-23-74(117)79(44-63)129-8)47-75(118)59(3)41-61(5)85(121)86(122)83(60(4)40-57)109-131-55-80(119)100-48-65-49-101-94(102-50-65)113-35-33-111(34-36-113)81(120)26-38-130-39-37-110-29-31-112(32-30-110)95-103-51-69(52-104-95)90(124)114-28-25-66-42-64(18-20-68(66)54-114)53-116-89-82(88(98)105-56-106-89)84(108-116)67-21-24-76-72(45-67)107-93(99)133-76/h9-11,14-15,18,20-21,24,41-42,45,49-52,56-57,59-60,62-63,70-71,73-75,77-79,85-86,117-118,121-122,127H,12-13,16-17,19,22-23,25-40,43-44,46-48,53-55,97H2,1-8H3,(H2,99,107)(H,100,119)(H2,98,105,106)/b11-9?,14-10+,58-15?,61-41+,109-83+/t57-,59-,60-,62-,63+,70+,71-,73+,74-,75-,77+,78+,79-,85-,86+,96-/m1/s1. The van der Waals surface area contributed by atoms with Gasteiger partial charge in [0.2, 0.25) is 23.6 Å². The number of methoxy groups -OCH3 is 2. The molecule has 1 saturated carbocycles. The number of oxazole rings is 1. The van der Waals surface area contributed by atoms with Crippen LogP contribution in [0.5, 0.6) is 0 Å². The summed E-state index contributed by atoms with van der Waals surface area (Å²) in [6.45, 7) is 18.0. The van der Waals surface area contributed by atoms with E-state index in [4.69, 9.17) is 55.2 Å². The predicted octanol–water partition coefficient (Wildman–Crippen LogP) is 5.95. The number of hydrogen-bond acceptors (Lipinski definition) is 33. The number of cyclic esters (lactones) is 1. The van der Waals surface area contributed by atoms with E-state index in [0.717, 1.165) is 45.8 Å². The van der Waals surface area contributed by atoms with Crippen molar-refractivity contribution in [3.8, 4) is 11.3 Å². The number of rotatable bonds is 22. The van der Waals surface area contributed by atoms with Crippen LogP contribution in [0, 0.1) is 29.6 Å². The number of carbonyl (C=O) groups is 6. The number of nitrogens with two attached hydrogens (primary N) is 3. The second-order valence-corrected chi connectivity index (χ2v) is 36.9. The lowest BCUT2D eigenvalue weighted by atomic mass is 9.80. The number of aliphatic hydroxyl groups is 5. The summed E-state index contributed by atoms with van der Waals surface area (Å²) >= 11 is 0. The molecule has 4 saturated heterocycles. The first-order valence-corrected chi connectivity index (χ1v) is 46.9. The number of benzene rings is 2. The number of nitrogens with zero attached hydrogens (tertiary/aromatic N) is 16. The molecule has 2 bridgehead atoms. The molecular weight excluding hydrogens is 1720 g/mol. The Morgan fingerprint density at radius 2 is 1.48 bits per heavy atom. The summed E-state index contributed by atoms with van der Waals surface area (Å²) in [6, 6.07) is 9.78. The van der Waals surface area contributed by atoms with Crippen LogP contribution in [0.15, 0.2) is 125 Å². The van der Waals surface area contributed by atoms with Crippen LogP contribution in [0.25, 0.3) is 33.4 Å². The smallest absolute Gasteiger partial charge is 0.329 e. The number of fused-ring (bicyclic) bond motifs is 6. The van der Waals surface area contributed by atoms with Crippen molar-refractivity contribution in [2.24, 2.45) is 40.5 Å². The molecule has 38 heteroatoms. The molecule has 12 N–H and O–H groups in total. The van der Waals surface area contributed by atoms with Gasteiger partial charge in [-0.25, -0.2) is 39.4 Å². The summed E-state index contributed by atoms with van der Waals surface area (Å²) in [6.07, 6.45) is 16.2. The summed E-state index contributed by atoms with van der Waals surface area (Å²) in [5, 5.41) is 71.8. The molecule has 134 heavy (non-hydrogen) atoms. The Morgan fingerprint density at radius 1 is 0.731 bits per heavy atom. The van der Waals surface area contributed by atoms with Crippen LogP contribution in [0.4, 0.5) is 23.7 Å². The van der Waals surface area contributed by atoms with Crippen molar-refractivity contribution in [1.82, 2.24) is 69.6 Å². The van der Waals surface area contributed by atoms with Crippen molar-refractivity contribution >= 4 is 87.0 Å². The predicted molar refractivity (Wildman–Crippen MR) is 498 cm³/mol. The molecule has 4 amide bonds. The number of piperidine rings is 1. The third-order valence-corrected chi connectivity index (χ3v) is 27.4. The summed E-state index contributed by atoms with van der Waals surface area (Å²) < 4.78 is 37.3. The highest BCUT2D eigenvalue weighted by Gasteiger charge is 2.53. The van der Waals surface area contributed by atoms with Crippen LogP contribution in [0.3, 0.4) is 0 Å². The molecular formula is C96H130N20O18. The largest absolute Gasteiger partial charge is 0.459 e. The van der Waals surface area contributed by atoms with E-state index in [1.54, 1.807) is 64.8 Å². The molecule has 0 unspecified atom stereocenters. The molecule has 0 spiro atoms. The Balaban J connectivity index is 0.519. The van der Waals surface area contributed by atoms with Gasteiger partial charge in [0.15, 0.2) is 17.8 Å². The minimum atomic E-state index is -2.50. The fourth-order valence-corrected chi connectivity index (χ4v) is 19.2. The maximum Gasteiger partial charge on any atom is 0.329 e. The van der Waals surface area contributed by atoms with Crippen molar-refractivity contribution in [1.29, 1.82) is 0 Å². The van der Waals surface area contributed by atoms with Gasteiger partial charge in [0.1, 0.15) is 47.7 Å². The van der Waals surface area contributed by atoms with Gasteiger partial charge in [-0.2, -0.15) is 10.1 Å². The highest BCUT2D eigenvalue weighted by Crippen LogP contribution is 2.40. The number of Topliss-reactive ketones (excluding diaryl/α,β-unsaturated/α-hetero) is 1. The highest BCUT2D eigenvalue weighted by molar-refractivity contribution is 6.39. The summed E-state index contributed by atoms with van der Waals surface area (Å²) in [4.78, 5) is 133. The van der Waals surface area contributed by atoms with E-state index in [9.17, 15) is 54.3 Å². The van der Waals surface area contributed by atoms with Crippen LogP contribution in [-0.2, 0) is 78.5 Å². The first-order chi connectivity index (χ1) is 64.5. The van der Waals surface area contributed by atoms with E-state index in [1.807, 2.05) is 88.7 Å². The van der Waals surface area contributed by atoms with E-state index in [1.165, 1.54) is 13.4 Å². The molecule has 722 valence electrons. The lowest BCUT2D eigenvalue weighted by Gasteiger charge is -2.42. The van der Waals surface area contributed by atoms with Gasteiger partial charge in [-0.15, -0.1) is 0 Å². The van der Waals surface area contributed by atoms with Gasteiger partial charge >= 0.3 is 5.97 Å². The number of allylic oxidation sites excluding steroid dienone is 5. The Bertz CT molecular complexity index is 5380. The summed E-state index contributed by atoms with van der Waals surface area (Å²) in [5.74, 6) is -7.13. The molecule has 1 aliphatic carbocycles. The molecule has 2 aromatic carbocycles. The Kier molecular flexibility index (Phi) is 33.5.